The molecule has 0 spiro atoms. The molecule has 0 aliphatic carbocycles. The first-order valence-corrected chi connectivity index (χ1v) is 7.78. The number of hydrogen-bond acceptors (Lipinski definition) is 5. The van der Waals surface area contributed by atoms with Gasteiger partial charge in [0, 0.05) is 10.7 Å². The van der Waals surface area contributed by atoms with Gasteiger partial charge in [-0.3, -0.25) is 14.3 Å². The summed E-state index contributed by atoms with van der Waals surface area (Å²) in [4.78, 5) is 45.3. The summed E-state index contributed by atoms with van der Waals surface area (Å²) in [5, 5.41) is 9.71. The van der Waals surface area contributed by atoms with Crippen molar-refractivity contribution in [3.63, 3.8) is 0 Å². The number of aromatic carboxylic acids is 1. The number of fused-ring (bicyclic) bond motifs is 2. The van der Waals surface area contributed by atoms with Gasteiger partial charge in [0.15, 0.2) is 11.5 Å². The summed E-state index contributed by atoms with van der Waals surface area (Å²) in [7, 11) is 0. The number of halogens is 1. The Morgan fingerprint density at radius 1 is 1.08 bits per heavy atom. The number of nitrogens with zero attached hydrogens (tertiary/aromatic N) is 3. The van der Waals surface area contributed by atoms with Gasteiger partial charge in [0.2, 0.25) is 0 Å². The van der Waals surface area contributed by atoms with E-state index in [0.717, 1.165) is 0 Å². The third kappa shape index (κ3) is 2.52. The first-order valence-electron chi connectivity index (χ1n) is 7.40. The largest absolute Gasteiger partial charge is 0.478 e. The van der Waals surface area contributed by atoms with Crippen LogP contribution in [0.3, 0.4) is 0 Å². The second-order valence-corrected chi connectivity index (χ2v) is 5.91. The lowest BCUT2D eigenvalue weighted by Crippen LogP contribution is -2.28. The molecule has 8 nitrogen and oxygen atoms in total. The van der Waals surface area contributed by atoms with Crippen LogP contribution >= 0.6 is 11.6 Å². The smallest absolute Gasteiger partial charge is 0.349 e. The van der Waals surface area contributed by atoms with Gasteiger partial charge in [-0.2, -0.15) is 4.98 Å². The van der Waals surface area contributed by atoms with Gasteiger partial charge in [0.1, 0.15) is 0 Å². The van der Waals surface area contributed by atoms with Crippen LogP contribution in [0.4, 0.5) is 0 Å². The number of carboxylic acid groups (broad SMARTS) is 1. The first kappa shape index (κ1) is 16.0. The molecule has 0 atom stereocenters. The first-order chi connectivity index (χ1) is 12.4. The highest BCUT2D eigenvalue weighted by Gasteiger charge is 2.20. The van der Waals surface area contributed by atoms with E-state index in [1.807, 2.05) is 0 Å². The second kappa shape index (κ2) is 5.78. The molecule has 2 aromatic carbocycles. The fourth-order valence-electron chi connectivity index (χ4n) is 2.71. The van der Waals surface area contributed by atoms with E-state index in [2.05, 4.69) is 15.0 Å². The van der Waals surface area contributed by atoms with Crippen LogP contribution in [0.25, 0.3) is 28.2 Å². The van der Waals surface area contributed by atoms with E-state index in [9.17, 15) is 19.5 Å². The van der Waals surface area contributed by atoms with Crippen LogP contribution in [0.5, 0.6) is 0 Å². The van der Waals surface area contributed by atoms with Crippen LogP contribution in [0.1, 0.15) is 10.4 Å². The summed E-state index contributed by atoms with van der Waals surface area (Å²) < 4.78 is 1.57. The molecule has 2 aliphatic rings. The monoisotopic (exact) mass is 368 g/mol. The zero-order valence-electron chi connectivity index (χ0n) is 12.9. The summed E-state index contributed by atoms with van der Waals surface area (Å²) in [5.74, 6) is -1.05. The molecule has 26 heavy (non-hydrogen) atoms. The van der Waals surface area contributed by atoms with Gasteiger partial charge in [0.25, 0.3) is 5.56 Å². The molecular formula is C17H9ClN4O4. The molecule has 128 valence electrons. The van der Waals surface area contributed by atoms with Crippen molar-refractivity contribution in [2.45, 2.75) is 0 Å². The summed E-state index contributed by atoms with van der Waals surface area (Å²) >= 11 is 5.93. The molecule has 0 radical (unpaired) electrons. The normalized spacial score (nSPS) is 11.1. The quantitative estimate of drug-likeness (QED) is 0.522. The highest BCUT2D eigenvalue weighted by atomic mass is 35.5. The number of hydrogen-bond donors (Lipinski definition) is 2. The zero-order chi connectivity index (χ0) is 18.4. The Labute approximate surface area is 149 Å². The number of aromatic amines is 1. The predicted octanol–water partition coefficient (Wildman–Crippen LogP) is 1.93. The molecular weight excluding hydrogens is 360 g/mol. The predicted molar refractivity (Wildman–Crippen MR) is 94.3 cm³/mol. The third-order valence-electron chi connectivity index (χ3n) is 3.85. The fraction of sp³-hybridized carbons (Fsp3) is 0. The Balaban J connectivity index is 2.20. The summed E-state index contributed by atoms with van der Waals surface area (Å²) in [6.45, 7) is 0. The number of benzene rings is 2. The molecule has 0 saturated carbocycles. The van der Waals surface area contributed by atoms with Crippen molar-refractivity contribution in [3.8, 4) is 17.2 Å². The van der Waals surface area contributed by atoms with E-state index in [-0.39, 0.29) is 22.6 Å². The molecule has 0 aromatic heterocycles. The Kier molecular flexibility index (Phi) is 3.55. The van der Waals surface area contributed by atoms with Crippen LogP contribution in [0.15, 0.2) is 52.1 Å². The van der Waals surface area contributed by atoms with Crippen molar-refractivity contribution >= 4 is 28.6 Å². The molecule has 2 aliphatic heterocycles. The molecule has 2 aromatic rings. The lowest BCUT2D eigenvalue weighted by molar-refractivity contribution is 0.0697. The maximum atomic E-state index is 12.2. The standard InChI is InChI=1S/C17H9ClN4O4/c18-9-2-4-10(5-3-9)22-12-6-1-8(16(24)25)7-11(12)19-13-14(22)20-17(26)21-15(13)23/h1-7H,(H,24,25)(H,21,23,26). The van der Waals surface area contributed by atoms with E-state index in [1.54, 1.807) is 34.9 Å². The molecule has 0 unspecified atom stereocenters. The second-order valence-electron chi connectivity index (χ2n) is 5.48. The van der Waals surface area contributed by atoms with Crippen molar-refractivity contribution in [2.75, 3.05) is 0 Å². The number of carbonyl (C=O) groups is 1. The van der Waals surface area contributed by atoms with E-state index in [4.69, 9.17) is 11.6 Å². The van der Waals surface area contributed by atoms with Gasteiger partial charge >= 0.3 is 11.7 Å². The van der Waals surface area contributed by atoms with Gasteiger partial charge in [-0.1, -0.05) is 11.6 Å². The topological polar surface area (TPSA) is 118 Å². The SMILES string of the molecule is O=C(O)c1ccc2c(c1)nc1c(=O)[nH]c(=O)nc-1n2-c1ccc(Cl)cc1. The van der Waals surface area contributed by atoms with Crippen LogP contribution < -0.4 is 11.2 Å². The maximum Gasteiger partial charge on any atom is 0.349 e. The van der Waals surface area contributed by atoms with Crippen molar-refractivity contribution < 1.29 is 9.90 Å². The summed E-state index contributed by atoms with van der Waals surface area (Å²) in [6.07, 6.45) is 0. The van der Waals surface area contributed by atoms with Crippen LogP contribution in [0, 0.1) is 0 Å². The van der Waals surface area contributed by atoms with Gasteiger partial charge < -0.3 is 5.11 Å². The number of H-pyrrole nitrogens is 1. The van der Waals surface area contributed by atoms with Crippen LogP contribution in [0.2, 0.25) is 5.02 Å². The van der Waals surface area contributed by atoms with Crippen molar-refractivity contribution in [3.05, 3.63) is 73.9 Å². The van der Waals surface area contributed by atoms with E-state index >= 15 is 0 Å². The van der Waals surface area contributed by atoms with Crippen LogP contribution in [-0.4, -0.2) is 30.6 Å². The summed E-state index contributed by atoms with van der Waals surface area (Å²) in [5.41, 5.74) is -0.196. The van der Waals surface area contributed by atoms with E-state index < -0.39 is 17.2 Å². The molecule has 0 fully saturated rings. The van der Waals surface area contributed by atoms with E-state index in [0.29, 0.717) is 16.2 Å². The number of aromatic nitrogens is 4. The van der Waals surface area contributed by atoms with Crippen molar-refractivity contribution in [1.29, 1.82) is 0 Å². The van der Waals surface area contributed by atoms with Gasteiger partial charge in [0.05, 0.1) is 16.6 Å². The molecule has 0 amide bonds. The minimum absolute atomic E-state index is 0.0249. The Hall–Kier alpha value is -3.52. The highest BCUT2D eigenvalue weighted by Crippen LogP contribution is 2.26. The lowest BCUT2D eigenvalue weighted by Gasteiger charge is -2.17. The molecule has 0 saturated heterocycles. The number of nitrogens with one attached hydrogen (secondary N) is 1. The Morgan fingerprint density at radius 2 is 1.81 bits per heavy atom. The van der Waals surface area contributed by atoms with Crippen molar-refractivity contribution in [2.24, 2.45) is 0 Å². The molecule has 9 heteroatoms. The minimum Gasteiger partial charge on any atom is -0.478 e. The lowest BCUT2D eigenvalue weighted by atomic mass is 10.1. The van der Waals surface area contributed by atoms with Crippen molar-refractivity contribution in [1.82, 2.24) is 19.5 Å². The molecule has 4 rings (SSSR count). The fourth-order valence-corrected chi connectivity index (χ4v) is 2.84. The van der Waals surface area contributed by atoms with Gasteiger partial charge in [-0.25, -0.2) is 14.6 Å². The Bertz CT molecular complexity index is 1260. The number of rotatable bonds is 2. The molecule has 2 heterocycles. The number of carboxylic acids is 1. The maximum absolute atomic E-state index is 12.2. The van der Waals surface area contributed by atoms with Gasteiger partial charge in [-0.05, 0) is 42.5 Å². The highest BCUT2D eigenvalue weighted by molar-refractivity contribution is 6.30. The van der Waals surface area contributed by atoms with Crippen LogP contribution in [-0.2, 0) is 0 Å². The zero-order valence-corrected chi connectivity index (χ0v) is 13.7. The summed E-state index contributed by atoms with van der Waals surface area (Å²) in [6, 6.07) is 11.0. The Morgan fingerprint density at radius 3 is 2.50 bits per heavy atom. The van der Waals surface area contributed by atoms with E-state index in [1.165, 1.54) is 12.1 Å². The average molecular weight is 369 g/mol. The third-order valence-corrected chi connectivity index (χ3v) is 4.10. The van der Waals surface area contributed by atoms with Gasteiger partial charge in [-0.15, -0.1) is 0 Å². The molecule has 2 N–H and O–H groups in total. The molecule has 0 bridgehead atoms. The average Bonchev–Trinajstić information content (AvgIpc) is 2.60. The minimum atomic E-state index is -1.12.